The first-order valence-corrected chi connectivity index (χ1v) is 16.4. The molecule has 0 bridgehead atoms. The summed E-state index contributed by atoms with van der Waals surface area (Å²) in [6.07, 6.45) is 5.19. The third-order valence-electron chi connectivity index (χ3n) is 8.09. The Labute approximate surface area is 319 Å². The highest BCUT2D eigenvalue weighted by Crippen LogP contribution is 2.39. The SMILES string of the molecule is COC(=O)Oc1ccccc1C(=O)C1(OC(=O)N(C)C)C=CC=CC1C(=O)OOC(=O)C1C=CC=CC1(OC(=O)N(C)C)C(=O)c1ccccc1OC(=O)OC. The van der Waals surface area contributed by atoms with Crippen molar-refractivity contribution >= 4 is 48.0 Å². The summed E-state index contributed by atoms with van der Waals surface area (Å²) in [4.78, 5) is 118. The monoisotopic (exact) mass is 776 g/mol. The highest BCUT2D eigenvalue weighted by atomic mass is 17.2. The van der Waals surface area contributed by atoms with Crippen LogP contribution in [0, 0.1) is 11.8 Å². The van der Waals surface area contributed by atoms with Crippen LogP contribution in [0.4, 0.5) is 19.2 Å². The van der Waals surface area contributed by atoms with Crippen molar-refractivity contribution in [1.82, 2.24) is 9.80 Å². The molecule has 2 aromatic rings. The molecule has 4 rings (SSSR count). The Bertz CT molecular complexity index is 1890. The number of allylic oxidation sites excluding steroid dienone is 4. The second-order valence-electron chi connectivity index (χ2n) is 12.1. The Morgan fingerprint density at radius 2 is 0.893 bits per heavy atom. The topological polar surface area (TPSA) is 217 Å². The van der Waals surface area contributed by atoms with Crippen molar-refractivity contribution < 1.29 is 76.6 Å². The molecule has 0 heterocycles. The van der Waals surface area contributed by atoms with Crippen molar-refractivity contribution in [3.05, 3.63) is 108 Å². The lowest BCUT2D eigenvalue weighted by Crippen LogP contribution is -2.54. The molecule has 18 nitrogen and oxygen atoms in total. The number of hydrogen-bond acceptors (Lipinski definition) is 16. The summed E-state index contributed by atoms with van der Waals surface area (Å²) in [6, 6.07) is 10.7. The van der Waals surface area contributed by atoms with Gasteiger partial charge >= 0.3 is 36.4 Å². The van der Waals surface area contributed by atoms with E-state index in [4.69, 9.17) is 28.7 Å². The average molecular weight is 777 g/mol. The number of benzene rings is 2. The van der Waals surface area contributed by atoms with Crippen molar-refractivity contribution in [3.63, 3.8) is 0 Å². The smallest absolute Gasteiger partial charge is 0.437 e. The van der Waals surface area contributed by atoms with Crippen LogP contribution in [0.2, 0.25) is 0 Å². The van der Waals surface area contributed by atoms with Crippen LogP contribution in [-0.2, 0) is 38.3 Å². The maximum atomic E-state index is 14.4. The van der Waals surface area contributed by atoms with Crippen LogP contribution < -0.4 is 9.47 Å². The number of carbonyl (C=O) groups is 8. The molecule has 4 atom stereocenters. The van der Waals surface area contributed by atoms with E-state index in [2.05, 4.69) is 9.47 Å². The molecule has 2 aromatic carbocycles. The second-order valence-corrected chi connectivity index (χ2v) is 12.1. The fourth-order valence-electron chi connectivity index (χ4n) is 5.30. The van der Waals surface area contributed by atoms with Crippen LogP contribution >= 0.6 is 0 Å². The lowest BCUT2D eigenvalue weighted by molar-refractivity contribution is -0.267. The van der Waals surface area contributed by atoms with E-state index in [9.17, 15) is 38.4 Å². The number of rotatable bonds is 10. The summed E-state index contributed by atoms with van der Waals surface area (Å²) in [5, 5.41) is 0. The highest BCUT2D eigenvalue weighted by molar-refractivity contribution is 6.11. The minimum Gasteiger partial charge on any atom is -0.437 e. The standard InChI is InChI=1S/C38H36N2O16/c1-39(2)33(45)53-37(29(41)23-15-7-9-19-27(23)51-35(47)49-5)21-13-11-17-25(37)31(43)55-56-32(44)26-18-12-14-22-38(26,54-34(46)40(3)4)30(42)24-16-8-10-20-28(24)52-36(48)50-6/h7-22,25-26H,1-6H3. The van der Waals surface area contributed by atoms with Gasteiger partial charge in [0.2, 0.25) is 22.8 Å². The molecule has 294 valence electrons. The van der Waals surface area contributed by atoms with E-state index < -0.39 is 71.0 Å². The summed E-state index contributed by atoms with van der Waals surface area (Å²) >= 11 is 0. The molecule has 0 radical (unpaired) electrons. The average Bonchev–Trinajstić information content (AvgIpc) is 3.19. The lowest BCUT2D eigenvalue weighted by Gasteiger charge is -2.36. The van der Waals surface area contributed by atoms with E-state index in [0.717, 1.165) is 48.3 Å². The molecule has 0 N–H and O–H groups in total. The molecule has 0 aliphatic heterocycles. The first-order valence-electron chi connectivity index (χ1n) is 16.4. The van der Waals surface area contributed by atoms with Gasteiger partial charge in [-0.25, -0.2) is 38.5 Å². The maximum Gasteiger partial charge on any atom is 0.513 e. The van der Waals surface area contributed by atoms with Crippen molar-refractivity contribution in [3.8, 4) is 11.5 Å². The number of Topliss-reactive ketones (excluding diaryl/α,β-unsaturated/α-hetero) is 2. The number of ketones is 2. The van der Waals surface area contributed by atoms with Gasteiger partial charge in [0.25, 0.3) is 0 Å². The first kappa shape index (κ1) is 41.5. The van der Waals surface area contributed by atoms with Gasteiger partial charge in [0.15, 0.2) is 0 Å². The first-order chi connectivity index (χ1) is 26.6. The minimum absolute atomic E-state index is 0.310. The van der Waals surface area contributed by atoms with Gasteiger partial charge < -0.3 is 38.2 Å². The van der Waals surface area contributed by atoms with Gasteiger partial charge in [-0.2, -0.15) is 0 Å². The van der Waals surface area contributed by atoms with Gasteiger partial charge in [0.05, 0.1) is 25.3 Å². The third-order valence-corrected chi connectivity index (χ3v) is 8.09. The van der Waals surface area contributed by atoms with E-state index >= 15 is 0 Å². The van der Waals surface area contributed by atoms with Crippen LogP contribution in [0.25, 0.3) is 0 Å². The van der Waals surface area contributed by atoms with Crippen LogP contribution in [0.3, 0.4) is 0 Å². The van der Waals surface area contributed by atoms with E-state index in [1.54, 1.807) is 0 Å². The predicted octanol–water partition coefficient (Wildman–Crippen LogP) is 4.40. The van der Waals surface area contributed by atoms with Gasteiger partial charge in [-0.1, -0.05) is 60.7 Å². The molecular weight excluding hydrogens is 740 g/mol. The maximum absolute atomic E-state index is 14.4. The number of hydrogen-bond donors (Lipinski definition) is 0. The number of nitrogens with zero attached hydrogens (tertiary/aromatic N) is 2. The normalized spacial score (nSPS) is 20.4. The van der Waals surface area contributed by atoms with Crippen LogP contribution in [0.5, 0.6) is 11.5 Å². The molecule has 0 saturated carbocycles. The summed E-state index contributed by atoms with van der Waals surface area (Å²) in [5.41, 5.74) is -5.68. The molecule has 4 unspecified atom stereocenters. The fourth-order valence-corrected chi connectivity index (χ4v) is 5.30. The number of methoxy groups -OCH3 is 2. The summed E-state index contributed by atoms with van der Waals surface area (Å²) in [6.45, 7) is 0. The molecule has 0 aromatic heterocycles. The van der Waals surface area contributed by atoms with Gasteiger partial charge in [-0.05, 0) is 36.4 Å². The molecule has 2 aliphatic carbocycles. The van der Waals surface area contributed by atoms with Gasteiger partial charge in [0.1, 0.15) is 23.3 Å². The molecule has 0 fully saturated rings. The zero-order valence-electron chi connectivity index (χ0n) is 30.8. The van der Waals surface area contributed by atoms with Crippen molar-refractivity contribution in [1.29, 1.82) is 0 Å². The van der Waals surface area contributed by atoms with Crippen LogP contribution in [0.15, 0.2) is 97.1 Å². The van der Waals surface area contributed by atoms with Gasteiger partial charge in [-0.15, -0.1) is 0 Å². The lowest BCUT2D eigenvalue weighted by atomic mass is 9.77. The number of ether oxygens (including phenoxy) is 6. The fraction of sp³-hybridized carbons (Fsp3) is 0.263. The number of amides is 2. The van der Waals surface area contributed by atoms with E-state index in [1.807, 2.05) is 0 Å². The molecule has 0 saturated heterocycles. The van der Waals surface area contributed by atoms with Crippen molar-refractivity contribution in [2.45, 2.75) is 11.2 Å². The molecule has 56 heavy (non-hydrogen) atoms. The van der Waals surface area contributed by atoms with E-state index in [-0.39, 0.29) is 22.6 Å². The number of carbonyl (C=O) groups excluding carboxylic acids is 8. The van der Waals surface area contributed by atoms with E-state index in [0.29, 0.717) is 0 Å². The second kappa shape index (κ2) is 17.7. The molecule has 2 aliphatic rings. The van der Waals surface area contributed by atoms with Gasteiger partial charge in [-0.3, -0.25) is 9.59 Å². The van der Waals surface area contributed by atoms with Crippen LogP contribution in [-0.4, -0.2) is 111 Å². The molecule has 2 amide bonds. The quantitative estimate of drug-likeness (QED) is 0.0816. The Kier molecular flexibility index (Phi) is 13.1. The third kappa shape index (κ3) is 8.75. The summed E-state index contributed by atoms with van der Waals surface area (Å²) in [5.74, 6) is -9.32. The van der Waals surface area contributed by atoms with Gasteiger partial charge in [0, 0.05) is 28.2 Å². The number of para-hydroxylation sites is 2. The minimum atomic E-state index is -2.52. The van der Waals surface area contributed by atoms with Crippen molar-refractivity contribution in [2.75, 3.05) is 42.4 Å². The summed E-state index contributed by atoms with van der Waals surface area (Å²) in [7, 11) is 7.34. The van der Waals surface area contributed by atoms with E-state index in [1.165, 1.54) is 101 Å². The molecule has 0 spiro atoms. The Morgan fingerprint density at radius 3 is 1.23 bits per heavy atom. The predicted molar refractivity (Wildman–Crippen MR) is 189 cm³/mol. The Morgan fingerprint density at radius 1 is 0.536 bits per heavy atom. The van der Waals surface area contributed by atoms with Crippen molar-refractivity contribution in [2.24, 2.45) is 11.8 Å². The molecule has 18 heteroatoms. The zero-order chi connectivity index (χ0) is 41.2. The largest absolute Gasteiger partial charge is 0.513 e. The zero-order valence-corrected chi connectivity index (χ0v) is 30.8. The Balaban J connectivity index is 1.72. The Hall–Kier alpha value is -7.24. The summed E-state index contributed by atoms with van der Waals surface area (Å²) < 4.78 is 30.6. The molecular formula is C38H36N2O16. The highest BCUT2D eigenvalue weighted by Gasteiger charge is 2.56. The van der Waals surface area contributed by atoms with Crippen LogP contribution in [0.1, 0.15) is 20.7 Å².